The number of nitrogens with zero attached hydrogens (tertiary/aromatic N) is 5. The number of thiazole rings is 1. The first kappa shape index (κ1) is 26.4. The van der Waals surface area contributed by atoms with Crippen LogP contribution in [0.3, 0.4) is 0 Å². The van der Waals surface area contributed by atoms with Crippen LogP contribution >= 0.6 is 23.7 Å². The van der Waals surface area contributed by atoms with Crippen LogP contribution < -0.4 is 9.64 Å². The molecule has 0 spiro atoms. The van der Waals surface area contributed by atoms with Crippen molar-refractivity contribution < 1.29 is 14.3 Å². The molecule has 1 amide bonds. The van der Waals surface area contributed by atoms with Gasteiger partial charge in [0, 0.05) is 37.9 Å². The van der Waals surface area contributed by atoms with Crippen molar-refractivity contribution >= 4 is 45.0 Å². The van der Waals surface area contributed by atoms with E-state index in [0.717, 1.165) is 66.5 Å². The lowest BCUT2D eigenvalue weighted by molar-refractivity contribution is 0.0376. The Balaban J connectivity index is 0.00000324. The molecule has 1 fully saturated rings. The average molecular weight is 508 g/mol. The Morgan fingerprint density at radius 1 is 1.26 bits per heavy atom. The van der Waals surface area contributed by atoms with E-state index in [-0.39, 0.29) is 24.4 Å². The van der Waals surface area contributed by atoms with E-state index in [2.05, 4.69) is 30.8 Å². The van der Waals surface area contributed by atoms with Crippen molar-refractivity contribution in [3.8, 4) is 5.75 Å². The van der Waals surface area contributed by atoms with E-state index in [1.165, 1.54) is 11.3 Å². The zero-order valence-corrected chi connectivity index (χ0v) is 22.2. The molecule has 8 nitrogen and oxygen atoms in total. The molecule has 3 aromatic rings. The molecular weight excluding hydrogens is 474 g/mol. The molecule has 0 unspecified atom stereocenters. The minimum atomic E-state index is -0.116. The number of benzene rings is 1. The van der Waals surface area contributed by atoms with E-state index in [1.807, 2.05) is 29.8 Å². The summed E-state index contributed by atoms with van der Waals surface area (Å²) in [6, 6.07) is 6.02. The SMILES string of the molecule is COc1ccc(C)c2sc(N(CCCN3CCOCC3)C(=O)c3cc(C)n(C(C)C)n3)nc12.Cl. The summed E-state index contributed by atoms with van der Waals surface area (Å²) in [6.07, 6.45) is 0.849. The first-order chi connectivity index (χ1) is 15.9. The van der Waals surface area contributed by atoms with Crippen LogP contribution in [0.15, 0.2) is 18.2 Å². The van der Waals surface area contributed by atoms with Gasteiger partial charge in [-0.05, 0) is 51.8 Å². The standard InChI is InChI=1S/C24H33N5O3S.ClH/c1-16(2)29-18(4)15-19(26-29)23(30)28(10-6-9-27-11-13-32-14-12-27)24-25-21-20(31-5)8-7-17(3)22(21)33-24;/h7-8,15-16H,6,9-14H2,1-5H3;1H. The Morgan fingerprint density at radius 3 is 2.65 bits per heavy atom. The number of rotatable bonds is 8. The molecule has 1 aromatic carbocycles. The van der Waals surface area contributed by atoms with E-state index in [1.54, 1.807) is 12.0 Å². The van der Waals surface area contributed by atoms with Gasteiger partial charge in [0.25, 0.3) is 5.91 Å². The lowest BCUT2D eigenvalue weighted by Crippen LogP contribution is -2.39. The van der Waals surface area contributed by atoms with Crippen molar-refractivity contribution in [2.75, 3.05) is 51.4 Å². The number of carbonyl (C=O) groups is 1. The van der Waals surface area contributed by atoms with Crippen LogP contribution in [0.25, 0.3) is 10.2 Å². The summed E-state index contributed by atoms with van der Waals surface area (Å²) in [4.78, 5) is 22.7. The summed E-state index contributed by atoms with van der Waals surface area (Å²) in [5.41, 5.74) is 3.35. The van der Waals surface area contributed by atoms with E-state index >= 15 is 0 Å². The largest absolute Gasteiger partial charge is 0.494 e. The fourth-order valence-electron chi connectivity index (χ4n) is 4.19. The number of aromatic nitrogens is 3. The molecule has 0 N–H and O–H groups in total. The van der Waals surface area contributed by atoms with E-state index in [4.69, 9.17) is 14.5 Å². The Morgan fingerprint density at radius 2 is 2.00 bits per heavy atom. The van der Waals surface area contributed by atoms with Crippen molar-refractivity contribution in [2.45, 2.75) is 40.2 Å². The molecule has 186 valence electrons. The number of anilines is 1. The van der Waals surface area contributed by atoms with Gasteiger partial charge in [-0.3, -0.25) is 19.3 Å². The smallest absolute Gasteiger partial charge is 0.280 e. The first-order valence-corrected chi connectivity index (χ1v) is 12.3. The van der Waals surface area contributed by atoms with E-state index < -0.39 is 0 Å². The number of carbonyl (C=O) groups excluding carboxylic acids is 1. The highest BCUT2D eigenvalue weighted by atomic mass is 35.5. The third kappa shape index (κ3) is 5.54. The minimum absolute atomic E-state index is 0. The van der Waals surface area contributed by atoms with Gasteiger partial charge in [0.1, 0.15) is 11.3 Å². The molecule has 0 radical (unpaired) electrons. The van der Waals surface area contributed by atoms with Crippen molar-refractivity contribution in [3.05, 3.63) is 35.2 Å². The van der Waals surface area contributed by atoms with Gasteiger partial charge in [-0.25, -0.2) is 4.98 Å². The summed E-state index contributed by atoms with van der Waals surface area (Å²) in [5, 5.41) is 5.29. The molecule has 4 rings (SSSR count). The molecule has 1 saturated heterocycles. The lowest BCUT2D eigenvalue weighted by Gasteiger charge is -2.27. The fourth-order valence-corrected chi connectivity index (χ4v) is 5.27. The number of methoxy groups -OCH3 is 1. The van der Waals surface area contributed by atoms with Crippen molar-refractivity contribution in [2.24, 2.45) is 0 Å². The Hall–Kier alpha value is -2.20. The molecule has 0 aliphatic carbocycles. The second-order valence-electron chi connectivity index (χ2n) is 8.73. The van der Waals surface area contributed by atoms with Gasteiger partial charge >= 0.3 is 0 Å². The highest BCUT2D eigenvalue weighted by molar-refractivity contribution is 7.22. The van der Waals surface area contributed by atoms with Crippen molar-refractivity contribution in [1.29, 1.82) is 0 Å². The zero-order chi connectivity index (χ0) is 23.5. The maximum absolute atomic E-state index is 13.7. The van der Waals surface area contributed by atoms with Gasteiger partial charge in [0.15, 0.2) is 10.8 Å². The summed E-state index contributed by atoms with van der Waals surface area (Å²) in [5.74, 6) is 0.605. The summed E-state index contributed by atoms with van der Waals surface area (Å²) < 4.78 is 13.9. The van der Waals surface area contributed by atoms with E-state index in [9.17, 15) is 4.79 Å². The second-order valence-corrected chi connectivity index (χ2v) is 9.71. The van der Waals surface area contributed by atoms with E-state index in [0.29, 0.717) is 17.4 Å². The monoisotopic (exact) mass is 507 g/mol. The normalized spacial score (nSPS) is 14.4. The molecule has 1 aliphatic heterocycles. The maximum Gasteiger partial charge on any atom is 0.280 e. The Kier molecular flexibility index (Phi) is 8.92. The van der Waals surface area contributed by atoms with Gasteiger partial charge in [-0.15, -0.1) is 12.4 Å². The van der Waals surface area contributed by atoms with Gasteiger partial charge in [-0.2, -0.15) is 5.10 Å². The number of amides is 1. The molecule has 0 bridgehead atoms. The number of morpholine rings is 1. The summed E-state index contributed by atoms with van der Waals surface area (Å²) in [7, 11) is 1.65. The third-order valence-corrected chi connectivity index (χ3v) is 7.19. The molecule has 34 heavy (non-hydrogen) atoms. The maximum atomic E-state index is 13.7. The molecule has 2 aromatic heterocycles. The van der Waals surface area contributed by atoms with Crippen LogP contribution in [0.1, 0.15) is 48.1 Å². The van der Waals surface area contributed by atoms with Crippen LogP contribution in [0, 0.1) is 13.8 Å². The molecule has 0 saturated carbocycles. The predicted molar refractivity (Wildman–Crippen MR) is 139 cm³/mol. The second kappa shape index (κ2) is 11.5. The molecule has 1 aliphatic rings. The molecule has 10 heteroatoms. The average Bonchev–Trinajstić information content (AvgIpc) is 3.42. The van der Waals surface area contributed by atoms with Gasteiger partial charge < -0.3 is 9.47 Å². The van der Waals surface area contributed by atoms with Gasteiger partial charge in [-0.1, -0.05) is 17.4 Å². The topological polar surface area (TPSA) is 72.7 Å². The van der Waals surface area contributed by atoms with Crippen molar-refractivity contribution in [3.63, 3.8) is 0 Å². The van der Waals surface area contributed by atoms with Crippen LogP contribution in [0.5, 0.6) is 5.75 Å². The number of halogens is 1. The quantitative estimate of drug-likeness (QED) is 0.447. The molecular formula is C24H34ClN5O3S. The van der Waals surface area contributed by atoms with Crippen LogP contribution in [-0.4, -0.2) is 72.1 Å². The summed E-state index contributed by atoms with van der Waals surface area (Å²) in [6.45, 7) is 13.1. The number of fused-ring (bicyclic) bond motifs is 1. The van der Waals surface area contributed by atoms with Crippen molar-refractivity contribution in [1.82, 2.24) is 19.7 Å². The fraction of sp³-hybridized carbons (Fsp3) is 0.542. The third-order valence-electron chi connectivity index (χ3n) is 5.98. The molecule has 0 atom stereocenters. The van der Waals surface area contributed by atoms with Crippen LogP contribution in [0.2, 0.25) is 0 Å². The van der Waals surface area contributed by atoms with Crippen LogP contribution in [0.4, 0.5) is 5.13 Å². The predicted octanol–water partition coefficient (Wildman–Crippen LogP) is 4.49. The minimum Gasteiger partial charge on any atom is -0.494 e. The molecule has 3 heterocycles. The van der Waals surface area contributed by atoms with Gasteiger partial charge in [0.05, 0.1) is 25.0 Å². The number of ether oxygens (including phenoxy) is 2. The number of hydrogen-bond donors (Lipinski definition) is 0. The zero-order valence-electron chi connectivity index (χ0n) is 20.5. The van der Waals surface area contributed by atoms with Gasteiger partial charge in [0.2, 0.25) is 0 Å². The summed E-state index contributed by atoms with van der Waals surface area (Å²) >= 11 is 1.53. The number of hydrogen-bond acceptors (Lipinski definition) is 7. The lowest BCUT2D eigenvalue weighted by atomic mass is 10.2. The first-order valence-electron chi connectivity index (χ1n) is 11.5. The van der Waals surface area contributed by atoms with Crippen LogP contribution in [-0.2, 0) is 4.74 Å². The Bertz CT molecular complexity index is 1120. The Labute approximate surface area is 211 Å². The highest BCUT2D eigenvalue weighted by Crippen LogP contribution is 2.37. The number of aryl methyl sites for hydroxylation is 2. The highest BCUT2D eigenvalue weighted by Gasteiger charge is 2.26.